The van der Waals surface area contributed by atoms with Crippen LogP contribution in [0.2, 0.25) is 0 Å². The third kappa shape index (κ3) is 3.66. The highest BCUT2D eigenvalue weighted by atomic mass is 32.2. The second-order valence-corrected chi connectivity index (χ2v) is 7.37. The van der Waals surface area contributed by atoms with Gasteiger partial charge in [-0.3, -0.25) is 9.69 Å². The molecule has 0 bridgehead atoms. The first-order valence-electron chi connectivity index (χ1n) is 6.84. The minimum Gasteiger partial charge on any atom is -0.494 e. The monoisotopic (exact) mass is 321 g/mol. The molecule has 21 heavy (non-hydrogen) atoms. The Bertz CT molecular complexity index is 585. The average molecular weight is 321 g/mol. The van der Waals surface area contributed by atoms with E-state index in [0.717, 1.165) is 11.3 Å². The number of ether oxygens (including phenoxy) is 1. The number of nitrogens with zero attached hydrogens (tertiary/aromatic N) is 1. The summed E-state index contributed by atoms with van der Waals surface area (Å²) in [5, 5.41) is 0. The molecule has 1 saturated heterocycles. The molecule has 112 valence electrons. The largest absolute Gasteiger partial charge is 0.494 e. The quantitative estimate of drug-likeness (QED) is 0.619. The fourth-order valence-corrected chi connectivity index (χ4v) is 3.66. The molecule has 0 saturated carbocycles. The summed E-state index contributed by atoms with van der Waals surface area (Å²) in [7, 11) is 0. The molecule has 1 aliphatic heterocycles. The number of amides is 1. The minimum absolute atomic E-state index is 0.0219. The first-order chi connectivity index (χ1) is 9.82. The summed E-state index contributed by atoms with van der Waals surface area (Å²) < 4.78 is 6.02. The van der Waals surface area contributed by atoms with Crippen molar-refractivity contribution in [1.82, 2.24) is 4.90 Å². The van der Waals surface area contributed by atoms with Crippen LogP contribution < -0.4 is 4.74 Å². The number of thioether (sulfide) groups is 1. The summed E-state index contributed by atoms with van der Waals surface area (Å²) in [4.78, 5) is 14.8. The predicted molar refractivity (Wildman–Crippen MR) is 92.4 cm³/mol. The summed E-state index contributed by atoms with van der Waals surface area (Å²) in [6.07, 6.45) is 1.88. The van der Waals surface area contributed by atoms with Crippen LogP contribution in [-0.4, -0.2) is 27.3 Å². The maximum absolute atomic E-state index is 12.5. The van der Waals surface area contributed by atoms with Gasteiger partial charge in [0.2, 0.25) is 0 Å². The Labute approximate surface area is 135 Å². The van der Waals surface area contributed by atoms with E-state index in [4.69, 9.17) is 17.0 Å². The molecule has 3 nitrogen and oxygen atoms in total. The van der Waals surface area contributed by atoms with Gasteiger partial charge in [-0.15, -0.1) is 0 Å². The molecule has 1 aromatic rings. The van der Waals surface area contributed by atoms with Gasteiger partial charge >= 0.3 is 0 Å². The normalized spacial score (nSPS) is 17.7. The second-order valence-electron chi connectivity index (χ2n) is 5.69. The van der Waals surface area contributed by atoms with E-state index in [0.29, 0.717) is 15.8 Å². The molecule has 0 atom stereocenters. The highest BCUT2D eigenvalue weighted by Gasteiger charge is 2.38. The van der Waals surface area contributed by atoms with Crippen molar-refractivity contribution in [3.8, 4) is 5.75 Å². The number of hydrogen-bond acceptors (Lipinski definition) is 4. The summed E-state index contributed by atoms with van der Waals surface area (Å²) in [6, 6.07) is 7.68. The van der Waals surface area contributed by atoms with Crippen LogP contribution >= 0.6 is 24.0 Å². The van der Waals surface area contributed by atoms with E-state index in [1.807, 2.05) is 58.0 Å². The van der Waals surface area contributed by atoms with E-state index >= 15 is 0 Å². The lowest BCUT2D eigenvalue weighted by molar-refractivity contribution is -0.125. The standard InChI is InChI=1S/C16H19NO2S2/c1-5-19-12-8-6-11(7-9-12)10-13-14(18)17(15(20)21-13)16(2,3)4/h6-10H,5H2,1-4H3. The zero-order valence-corrected chi connectivity index (χ0v) is 14.3. The molecular formula is C16H19NO2S2. The molecule has 0 N–H and O–H groups in total. The molecule has 1 heterocycles. The molecule has 0 aromatic heterocycles. The molecule has 0 unspecified atom stereocenters. The van der Waals surface area contributed by atoms with Gasteiger partial charge < -0.3 is 4.74 Å². The summed E-state index contributed by atoms with van der Waals surface area (Å²) >= 11 is 6.68. The number of hydrogen-bond donors (Lipinski definition) is 0. The van der Waals surface area contributed by atoms with E-state index in [9.17, 15) is 4.79 Å². The third-order valence-corrected chi connectivity index (χ3v) is 4.26. The van der Waals surface area contributed by atoms with Crippen molar-refractivity contribution < 1.29 is 9.53 Å². The highest BCUT2D eigenvalue weighted by molar-refractivity contribution is 8.26. The molecular weight excluding hydrogens is 302 g/mol. The van der Waals surface area contributed by atoms with Crippen LogP contribution in [0.3, 0.4) is 0 Å². The Kier molecular flexibility index (Phi) is 4.74. The van der Waals surface area contributed by atoms with Gasteiger partial charge in [-0.25, -0.2) is 0 Å². The number of benzene rings is 1. The molecule has 1 aromatic carbocycles. The van der Waals surface area contributed by atoms with Crippen LogP contribution in [0.4, 0.5) is 0 Å². The second kappa shape index (κ2) is 6.20. The topological polar surface area (TPSA) is 29.5 Å². The van der Waals surface area contributed by atoms with E-state index in [1.165, 1.54) is 11.8 Å². The van der Waals surface area contributed by atoms with Crippen molar-refractivity contribution in [1.29, 1.82) is 0 Å². The van der Waals surface area contributed by atoms with Gasteiger partial charge in [0.1, 0.15) is 10.1 Å². The first-order valence-corrected chi connectivity index (χ1v) is 8.06. The van der Waals surface area contributed by atoms with Gasteiger partial charge in [0.05, 0.1) is 11.5 Å². The molecule has 1 amide bonds. The molecule has 0 aliphatic carbocycles. The lowest BCUT2D eigenvalue weighted by Crippen LogP contribution is -2.44. The van der Waals surface area contributed by atoms with Crippen molar-refractivity contribution in [2.75, 3.05) is 6.61 Å². The van der Waals surface area contributed by atoms with Gasteiger partial charge in [-0.05, 0) is 51.5 Å². The minimum atomic E-state index is -0.296. The number of thiocarbonyl (C=S) groups is 1. The molecule has 5 heteroatoms. The zero-order valence-electron chi connectivity index (χ0n) is 12.7. The van der Waals surface area contributed by atoms with Crippen molar-refractivity contribution in [3.63, 3.8) is 0 Å². The van der Waals surface area contributed by atoms with E-state index in [-0.39, 0.29) is 11.4 Å². The van der Waals surface area contributed by atoms with Crippen molar-refractivity contribution in [2.45, 2.75) is 33.2 Å². The SMILES string of the molecule is CCOc1ccc(C=C2SC(=S)N(C(C)(C)C)C2=O)cc1. The highest BCUT2D eigenvalue weighted by Crippen LogP contribution is 2.36. The average Bonchev–Trinajstić information content (AvgIpc) is 2.66. The Morgan fingerprint density at radius 3 is 2.38 bits per heavy atom. The Hall–Kier alpha value is -1.33. The van der Waals surface area contributed by atoms with Crippen LogP contribution in [-0.2, 0) is 4.79 Å². The molecule has 2 rings (SSSR count). The fourth-order valence-electron chi connectivity index (χ4n) is 2.02. The van der Waals surface area contributed by atoms with E-state index < -0.39 is 0 Å². The molecule has 0 radical (unpaired) electrons. The van der Waals surface area contributed by atoms with Crippen LogP contribution in [0.1, 0.15) is 33.3 Å². The zero-order chi connectivity index (χ0) is 15.6. The summed E-state index contributed by atoms with van der Waals surface area (Å²) in [5.74, 6) is 0.809. The smallest absolute Gasteiger partial charge is 0.266 e. The Balaban J connectivity index is 2.22. The fraction of sp³-hybridized carbons (Fsp3) is 0.375. The van der Waals surface area contributed by atoms with Gasteiger partial charge in [-0.1, -0.05) is 36.1 Å². The van der Waals surface area contributed by atoms with Crippen molar-refractivity contribution in [3.05, 3.63) is 34.7 Å². The van der Waals surface area contributed by atoms with Gasteiger partial charge in [0.25, 0.3) is 5.91 Å². The van der Waals surface area contributed by atoms with Crippen molar-refractivity contribution >= 4 is 40.3 Å². The number of carbonyl (C=O) groups is 1. The summed E-state index contributed by atoms with van der Waals surface area (Å²) in [5.41, 5.74) is 0.670. The Morgan fingerprint density at radius 1 is 1.29 bits per heavy atom. The van der Waals surface area contributed by atoms with E-state index in [1.54, 1.807) is 4.90 Å². The van der Waals surface area contributed by atoms with E-state index in [2.05, 4.69) is 0 Å². The van der Waals surface area contributed by atoms with Crippen LogP contribution in [0.5, 0.6) is 5.75 Å². The maximum Gasteiger partial charge on any atom is 0.266 e. The number of carbonyl (C=O) groups excluding carboxylic acids is 1. The molecule has 0 spiro atoms. The Morgan fingerprint density at radius 2 is 1.90 bits per heavy atom. The van der Waals surface area contributed by atoms with Gasteiger partial charge in [0.15, 0.2) is 0 Å². The lowest BCUT2D eigenvalue weighted by atomic mass is 10.1. The third-order valence-electron chi connectivity index (χ3n) is 2.95. The first kappa shape index (κ1) is 16.0. The van der Waals surface area contributed by atoms with Crippen LogP contribution in [0, 0.1) is 0 Å². The molecule has 1 aliphatic rings. The van der Waals surface area contributed by atoms with Gasteiger partial charge in [0, 0.05) is 5.54 Å². The van der Waals surface area contributed by atoms with Crippen LogP contribution in [0.15, 0.2) is 29.2 Å². The predicted octanol–water partition coefficient (Wildman–Crippen LogP) is 4.09. The number of rotatable bonds is 3. The molecule has 1 fully saturated rings. The maximum atomic E-state index is 12.5. The van der Waals surface area contributed by atoms with Crippen LogP contribution in [0.25, 0.3) is 6.08 Å². The summed E-state index contributed by atoms with van der Waals surface area (Å²) in [6.45, 7) is 8.54. The lowest BCUT2D eigenvalue weighted by Gasteiger charge is -2.30. The van der Waals surface area contributed by atoms with Gasteiger partial charge in [-0.2, -0.15) is 0 Å². The van der Waals surface area contributed by atoms with Crippen molar-refractivity contribution in [2.24, 2.45) is 0 Å².